The highest BCUT2D eigenvalue weighted by atomic mass is 35.5. The summed E-state index contributed by atoms with van der Waals surface area (Å²) in [4.78, 5) is 24.0. The van der Waals surface area contributed by atoms with Crippen molar-refractivity contribution < 1.29 is 48.3 Å². The first-order valence-corrected chi connectivity index (χ1v) is 20.8. The number of carbonyl (C=O) groups is 1. The number of ether oxygens (including phenoxy) is 6. The number of unbranched alkanes of at least 4 members (excludes halogenated alkanes) is 2. The lowest BCUT2D eigenvalue weighted by atomic mass is 9.55. The second-order valence-electron chi connectivity index (χ2n) is 15.3. The molecule has 0 bridgehead atoms. The number of nitrogens with zero attached hydrogens (tertiary/aromatic N) is 3. The van der Waals surface area contributed by atoms with E-state index >= 15 is 0 Å². The lowest BCUT2D eigenvalue weighted by Crippen LogP contribution is -2.70. The van der Waals surface area contributed by atoms with Gasteiger partial charge in [-0.2, -0.15) is 0 Å². The number of hydrogen-bond donors (Lipinski definition) is 2. The van der Waals surface area contributed by atoms with Crippen LogP contribution in [0.15, 0.2) is 65.9 Å². The first-order chi connectivity index (χ1) is 27.9. The third-order valence-corrected chi connectivity index (χ3v) is 11.9. The molecule has 3 aliphatic heterocycles. The van der Waals surface area contributed by atoms with Gasteiger partial charge in [0, 0.05) is 57.3 Å². The number of benzene rings is 2. The number of aliphatic hydroxyl groups excluding tert-OH is 2. The minimum Gasteiger partial charge on any atom is -0.492 e. The Morgan fingerprint density at radius 1 is 1.05 bits per heavy atom. The number of carbonyl (C=O) groups excluding carboxylic acids is 1. The van der Waals surface area contributed by atoms with Crippen molar-refractivity contribution >= 4 is 23.4 Å². The number of rotatable bonds is 21. The number of allylic oxidation sites excluding steroid dienone is 1. The Morgan fingerprint density at radius 3 is 2.60 bits per heavy atom. The predicted octanol–water partition coefficient (Wildman–Crippen LogP) is 6.25. The summed E-state index contributed by atoms with van der Waals surface area (Å²) in [5.74, 6) is 0.876. The topological polar surface area (TPSA) is 141 Å². The van der Waals surface area contributed by atoms with Crippen LogP contribution in [0.4, 0.5) is 4.79 Å². The molecule has 6 unspecified atom stereocenters. The fourth-order valence-corrected chi connectivity index (χ4v) is 9.26. The summed E-state index contributed by atoms with van der Waals surface area (Å²) >= 11 is 6.07. The number of aliphatic hydroxyl groups is 2. The summed E-state index contributed by atoms with van der Waals surface area (Å²) in [7, 11) is 1.53. The van der Waals surface area contributed by atoms with E-state index in [4.69, 9.17) is 44.9 Å². The van der Waals surface area contributed by atoms with Crippen molar-refractivity contribution in [1.29, 1.82) is 0 Å². The van der Waals surface area contributed by atoms with Crippen molar-refractivity contribution in [3.8, 4) is 23.0 Å². The molecule has 1 amide bonds. The van der Waals surface area contributed by atoms with Crippen LogP contribution in [0, 0.1) is 17.8 Å². The summed E-state index contributed by atoms with van der Waals surface area (Å²) < 4.78 is 37.8. The normalized spacial score (nSPS) is 26.1. The van der Waals surface area contributed by atoms with E-state index in [1.165, 1.54) is 7.11 Å². The van der Waals surface area contributed by atoms with Crippen LogP contribution in [0.1, 0.15) is 62.0 Å². The Labute approximate surface area is 340 Å². The van der Waals surface area contributed by atoms with E-state index < -0.39 is 23.8 Å². The lowest BCUT2D eigenvalue weighted by molar-refractivity contribution is -0.256. The van der Waals surface area contributed by atoms with Crippen LogP contribution in [-0.4, -0.2) is 116 Å². The highest BCUT2D eigenvalue weighted by Crippen LogP contribution is 2.62. The maximum absolute atomic E-state index is 14.4. The van der Waals surface area contributed by atoms with Gasteiger partial charge in [0.05, 0.1) is 24.1 Å². The molecule has 0 aromatic heterocycles. The van der Waals surface area contributed by atoms with E-state index in [9.17, 15) is 15.0 Å². The first-order valence-electron chi connectivity index (χ1n) is 20.3. The second kappa shape index (κ2) is 19.2. The van der Waals surface area contributed by atoms with Gasteiger partial charge in [-0.15, -0.1) is 18.2 Å². The number of hydrogen-bond acceptors (Lipinski definition) is 12. The molecular formula is C43H56ClN3O10. The Hall–Kier alpha value is -4.01. The highest BCUT2D eigenvalue weighted by Gasteiger charge is 2.65. The van der Waals surface area contributed by atoms with E-state index in [1.807, 2.05) is 30.3 Å². The molecule has 6 atom stereocenters. The molecule has 14 heteroatoms. The minimum absolute atomic E-state index is 0.00810. The third kappa shape index (κ3) is 9.02. The van der Waals surface area contributed by atoms with Crippen LogP contribution < -0.4 is 18.9 Å². The molecule has 1 saturated carbocycles. The lowest BCUT2D eigenvalue weighted by Gasteiger charge is -2.59. The monoisotopic (exact) mass is 809 g/mol. The number of amides is 1. The van der Waals surface area contributed by atoms with Crippen LogP contribution >= 0.6 is 11.6 Å². The molecule has 2 N–H and O–H groups in total. The molecule has 2 aliphatic carbocycles. The van der Waals surface area contributed by atoms with Crippen LogP contribution in [-0.2, 0) is 20.9 Å². The zero-order valence-corrected chi connectivity index (χ0v) is 33.6. The maximum atomic E-state index is 14.4. The molecule has 0 radical (unpaired) electrons. The van der Waals surface area contributed by atoms with Gasteiger partial charge in [-0.25, -0.2) is 4.79 Å². The molecule has 13 nitrogen and oxygen atoms in total. The van der Waals surface area contributed by atoms with E-state index in [-0.39, 0.29) is 69.8 Å². The summed E-state index contributed by atoms with van der Waals surface area (Å²) in [6.07, 6.45) is 8.36. The molecule has 2 aromatic carbocycles. The quantitative estimate of drug-likeness (QED) is 0.0486. The number of oxime groups is 1. The maximum Gasteiger partial charge on any atom is 0.410 e. The summed E-state index contributed by atoms with van der Waals surface area (Å²) in [5.41, 5.74) is 3.43. The Bertz CT molecular complexity index is 1770. The van der Waals surface area contributed by atoms with Crippen LogP contribution in [0.2, 0.25) is 0 Å². The van der Waals surface area contributed by atoms with Gasteiger partial charge >= 0.3 is 6.09 Å². The third-order valence-electron chi connectivity index (χ3n) is 11.8. The fraction of sp³-hybridized carbons (Fsp3) is 0.581. The molecule has 2 aromatic rings. The Morgan fingerprint density at radius 2 is 1.84 bits per heavy atom. The smallest absolute Gasteiger partial charge is 0.410 e. The van der Waals surface area contributed by atoms with Gasteiger partial charge in [0.1, 0.15) is 37.9 Å². The van der Waals surface area contributed by atoms with Crippen LogP contribution in [0.3, 0.4) is 0 Å². The average molecular weight is 810 g/mol. The number of fused-ring (bicyclic) bond motifs is 3. The van der Waals surface area contributed by atoms with Gasteiger partial charge in [0.15, 0.2) is 11.5 Å². The zero-order chi connectivity index (χ0) is 39.8. The number of halogens is 1. The van der Waals surface area contributed by atoms with Crippen LogP contribution in [0.5, 0.6) is 23.0 Å². The van der Waals surface area contributed by atoms with E-state index in [0.717, 1.165) is 67.8 Å². The highest BCUT2D eigenvalue weighted by molar-refractivity contribution is 6.18. The molecule has 5 aliphatic rings. The SMILES string of the molecule is C=CCOC12Oc3ccc(OCCN4CC4)cc3C3C(CCCCO)C(CCCCO)C=C(C(=NOC)CC1N(Cc1ccc4c(c1)OCO4)C(=O)OCCCl)C32. The van der Waals surface area contributed by atoms with Crippen molar-refractivity contribution in [2.24, 2.45) is 22.9 Å². The van der Waals surface area contributed by atoms with Gasteiger partial charge < -0.3 is 43.5 Å². The van der Waals surface area contributed by atoms with E-state index in [2.05, 4.69) is 28.8 Å². The largest absolute Gasteiger partial charge is 0.492 e. The van der Waals surface area contributed by atoms with Gasteiger partial charge in [-0.05, 0) is 79.0 Å². The number of alkyl halides is 1. The van der Waals surface area contributed by atoms with Crippen molar-refractivity contribution in [2.75, 3.05) is 72.5 Å². The van der Waals surface area contributed by atoms with Crippen molar-refractivity contribution in [3.63, 3.8) is 0 Å². The van der Waals surface area contributed by atoms with Gasteiger partial charge in [-0.1, -0.05) is 36.2 Å². The molecule has 310 valence electrons. The summed E-state index contributed by atoms with van der Waals surface area (Å²) in [5, 5.41) is 24.4. The van der Waals surface area contributed by atoms with Gasteiger partial charge in [0.25, 0.3) is 0 Å². The Balaban J connectivity index is 1.40. The van der Waals surface area contributed by atoms with Crippen LogP contribution in [0.25, 0.3) is 0 Å². The zero-order valence-electron chi connectivity index (χ0n) is 32.8. The molecular weight excluding hydrogens is 754 g/mol. The average Bonchev–Trinajstić information content (AvgIpc) is 3.93. The van der Waals surface area contributed by atoms with E-state index in [0.29, 0.717) is 42.4 Å². The molecule has 0 spiro atoms. The summed E-state index contributed by atoms with van der Waals surface area (Å²) in [6, 6.07) is 10.9. The van der Waals surface area contributed by atoms with Crippen molar-refractivity contribution in [3.05, 3.63) is 71.8 Å². The van der Waals surface area contributed by atoms with Gasteiger partial charge in [-0.3, -0.25) is 9.80 Å². The van der Waals surface area contributed by atoms with E-state index in [1.54, 1.807) is 11.0 Å². The Kier molecular flexibility index (Phi) is 13.8. The molecule has 3 heterocycles. The minimum atomic E-state index is -1.44. The molecule has 57 heavy (non-hydrogen) atoms. The van der Waals surface area contributed by atoms with Gasteiger partial charge in [0.2, 0.25) is 12.6 Å². The standard InChI is InChI=1S/C43H56ClN3O10/c1-3-20-56-43-39(47(42(50)53-21-14-44)27-29-10-12-37-38(23-29)55-28-54-37)26-35(45-51-2)33-24-30(8-4-6-18-48)32(9-5-7-19-49)40(41(33)43)34-25-31(11-13-36(34)57-43)52-22-17-46-15-16-46/h3,10-13,23-25,30,32,39-41,48-49H,1,4-9,14-22,26-28H2,2H3. The summed E-state index contributed by atoms with van der Waals surface area (Å²) in [6.45, 7) is 8.25. The molecule has 2 fully saturated rings. The second-order valence-corrected chi connectivity index (χ2v) is 15.6. The van der Waals surface area contributed by atoms with Crippen molar-refractivity contribution in [2.45, 2.75) is 69.2 Å². The first kappa shape index (κ1) is 41.2. The predicted molar refractivity (Wildman–Crippen MR) is 214 cm³/mol. The fourth-order valence-electron chi connectivity index (χ4n) is 9.18. The molecule has 7 rings (SSSR count). The molecule has 1 saturated heterocycles. The van der Waals surface area contributed by atoms with Crippen molar-refractivity contribution in [1.82, 2.24) is 9.80 Å².